The van der Waals surface area contributed by atoms with E-state index in [4.69, 9.17) is 4.74 Å². The van der Waals surface area contributed by atoms with Crippen LogP contribution in [0.3, 0.4) is 0 Å². The monoisotopic (exact) mass is 310 g/mol. The van der Waals surface area contributed by atoms with Crippen molar-refractivity contribution in [2.75, 3.05) is 7.11 Å². The quantitative estimate of drug-likeness (QED) is 0.874. The van der Waals surface area contributed by atoms with E-state index in [0.29, 0.717) is 5.56 Å². The molecule has 1 atom stereocenters. The summed E-state index contributed by atoms with van der Waals surface area (Å²) < 4.78 is 18.3. The zero-order valence-electron chi connectivity index (χ0n) is 13.3. The zero-order chi connectivity index (χ0) is 16.4. The van der Waals surface area contributed by atoms with Gasteiger partial charge in [0.25, 0.3) is 0 Å². The van der Waals surface area contributed by atoms with E-state index >= 15 is 0 Å². The van der Waals surface area contributed by atoms with Crippen LogP contribution in [0.15, 0.2) is 42.5 Å². The second-order valence-electron chi connectivity index (χ2n) is 5.98. The van der Waals surface area contributed by atoms with Crippen molar-refractivity contribution in [3.63, 3.8) is 0 Å². The topological polar surface area (TPSA) is 29.5 Å². The van der Waals surface area contributed by atoms with Crippen molar-refractivity contribution in [2.45, 2.75) is 25.4 Å². The van der Waals surface area contributed by atoms with E-state index in [9.17, 15) is 9.50 Å². The lowest BCUT2D eigenvalue weighted by Crippen LogP contribution is -2.26. The molecule has 2 nitrogen and oxygen atoms in total. The van der Waals surface area contributed by atoms with Gasteiger partial charge in [-0.05, 0) is 61.2 Å². The van der Waals surface area contributed by atoms with Crippen molar-refractivity contribution >= 4 is 0 Å². The Morgan fingerprint density at radius 1 is 1.17 bits per heavy atom. The van der Waals surface area contributed by atoms with Gasteiger partial charge in [0.1, 0.15) is 11.6 Å². The lowest BCUT2D eigenvalue weighted by atomic mass is 9.89. The molecule has 23 heavy (non-hydrogen) atoms. The maximum absolute atomic E-state index is 13.1. The molecule has 3 heteroatoms. The first-order valence-corrected chi connectivity index (χ1v) is 7.69. The highest BCUT2D eigenvalue weighted by Crippen LogP contribution is 2.45. The van der Waals surface area contributed by atoms with Gasteiger partial charge in [0.2, 0.25) is 0 Å². The summed E-state index contributed by atoms with van der Waals surface area (Å²) in [6.07, 6.45) is 1.87. The largest absolute Gasteiger partial charge is 0.497 e. The minimum absolute atomic E-state index is 0.110. The molecule has 1 fully saturated rings. The fraction of sp³-hybridized carbons (Fsp3) is 0.300. The molecule has 0 spiro atoms. The molecule has 0 radical (unpaired) electrons. The van der Waals surface area contributed by atoms with Gasteiger partial charge in [-0.3, -0.25) is 0 Å². The minimum atomic E-state index is -1.22. The first kappa shape index (κ1) is 15.6. The van der Waals surface area contributed by atoms with Crippen LogP contribution < -0.4 is 4.74 Å². The molecule has 0 aromatic heterocycles. The van der Waals surface area contributed by atoms with Crippen LogP contribution in [-0.2, 0) is 5.60 Å². The van der Waals surface area contributed by atoms with Crippen LogP contribution in [0.4, 0.5) is 4.39 Å². The summed E-state index contributed by atoms with van der Waals surface area (Å²) in [6.45, 7) is 1.96. The molecule has 0 saturated heterocycles. The van der Waals surface area contributed by atoms with Crippen molar-refractivity contribution in [1.82, 2.24) is 0 Å². The molecule has 0 amide bonds. The lowest BCUT2D eigenvalue weighted by Gasteiger charge is -2.22. The normalized spacial score (nSPS) is 16.2. The van der Waals surface area contributed by atoms with Crippen LogP contribution in [-0.4, -0.2) is 12.2 Å². The molecule has 0 heterocycles. The summed E-state index contributed by atoms with van der Waals surface area (Å²) in [5.41, 5.74) is 1.28. The Hall–Kier alpha value is -2.31. The van der Waals surface area contributed by atoms with Crippen molar-refractivity contribution in [3.05, 3.63) is 65.0 Å². The van der Waals surface area contributed by atoms with Crippen LogP contribution in [0.5, 0.6) is 5.75 Å². The van der Waals surface area contributed by atoms with Gasteiger partial charge in [-0.15, -0.1) is 0 Å². The van der Waals surface area contributed by atoms with E-state index in [1.807, 2.05) is 25.1 Å². The molecule has 1 aliphatic rings. The van der Waals surface area contributed by atoms with E-state index < -0.39 is 5.60 Å². The molecule has 118 valence electrons. The van der Waals surface area contributed by atoms with Gasteiger partial charge in [-0.1, -0.05) is 24.0 Å². The molecule has 1 saturated carbocycles. The molecule has 1 unspecified atom stereocenters. The summed E-state index contributed by atoms with van der Waals surface area (Å²) >= 11 is 0. The van der Waals surface area contributed by atoms with Crippen molar-refractivity contribution in [3.8, 4) is 17.6 Å². The molecular weight excluding hydrogens is 291 g/mol. The van der Waals surface area contributed by atoms with Gasteiger partial charge in [0.05, 0.1) is 7.11 Å². The number of methoxy groups -OCH3 is 1. The maximum Gasteiger partial charge on any atom is 0.154 e. The highest BCUT2D eigenvalue weighted by Gasteiger charge is 2.44. The number of rotatable bonds is 3. The highest BCUT2D eigenvalue weighted by atomic mass is 19.1. The number of halogens is 1. The molecule has 2 aromatic rings. The van der Waals surface area contributed by atoms with Crippen LogP contribution in [0.25, 0.3) is 0 Å². The third-order valence-electron chi connectivity index (χ3n) is 4.27. The van der Waals surface area contributed by atoms with Crippen LogP contribution >= 0.6 is 0 Å². The van der Waals surface area contributed by atoms with Crippen LogP contribution in [0, 0.1) is 30.5 Å². The molecule has 2 aromatic carbocycles. The van der Waals surface area contributed by atoms with Crippen molar-refractivity contribution in [1.29, 1.82) is 0 Å². The first-order valence-electron chi connectivity index (χ1n) is 7.69. The third kappa shape index (κ3) is 3.23. The second kappa shape index (κ2) is 6.06. The molecule has 0 bridgehead atoms. The van der Waals surface area contributed by atoms with Gasteiger partial charge in [-0.2, -0.15) is 0 Å². The maximum atomic E-state index is 13.1. The molecule has 3 rings (SSSR count). The van der Waals surface area contributed by atoms with Gasteiger partial charge in [0.15, 0.2) is 5.60 Å². The fourth-order valence-electron chi connectivity index (χ4n) is 2.68. The van der Waals surface area contributed by atoms with E-state index in [-0.39, 0.29) is 11.7 Å². The minimum Gasteiger partial charge on any atom is -0.497 e. The molecule has 1 aliphatic carbocycles. The SMILES string of the molecule is COc1ccc(C#CC(O)(c2ccc(F)cc2)C2CC2)c(C)c1. The van der Waals surface area contributed by atoms with E-state index in [1.54, 1.807) is 19.2 Å². The Balaban J connectivity index is 1.96. The zero-order valence-corrected chi connectivity index (χ0v) is 13.3. The standard InChI is InChI=1S/C20H19FO2/c1-14-13-19(23-2)10-3-15(14)11-12-20(22,16-4-5-16)17-6-8-18(21)9-7-17/h3,6-10,13,16,22H,4-5H2,1-2H3. The van der Waals surface area contributed by atoms with Gasteiger partial charge >= 0.3 is 0 Å². The molecule has 1 N–H and O–H groups in total. The Morgan fingerprint density at radius 2 is 1.87 bits per heavy atom. The number of aliphatic hydroxyl groups is 1. The predicted molar refractivity (Wildman–Crippen MR) is 87.6 cm³/mol. The van der Waals surface area contributed by atoms with E-state index in [1.165, 1.54) is 12.1 Å². The smallest absolute Gasteiger partial charge is 0.154 e. The first-order chi connectivity index (χ1) is 11.0. The molecular formula is C20H19FO2. The Morgan fingerprint density at radius 3 is 2.43 bits per heavy atom. The van der Waals surface area contributed by atoms with Gasteiger partial charge in [0, 0.05) is 11.5 Å². The number of ether oxygens (including phenoxy) is 1. The van der Waals surface area contributed by atoms with Crippen LogP contribution in [0.1, 0.15) is 29.5 Å². The Bertz CT molecular complexity index is 766. The molecule has 0 aliphatic heterocycles. The number of benzene rings is 2. The fourth-order valence-corrected chi connectivity index (χ4v) is 2.68. The average molecular weight is 310 g/mol. The van der Waals surface area contributed by atoms with Crippen LogP contribution in [0.2, 0.25) is 0 Å². The summed E-state index contributed by atoms with van der Waals surface area (Å²) in [5, 5.41) is 11.0. The lowest BCUT2D eigenvalue weighted by molar-refractivity contribution is 0.0756. The highest BCUT2D eigenvalue weighted by molar-refractivity contribution is 5.47. The summed E-state index contributed by atoms with van der Waals surface area (Å²) in [6, 6.07) is 11.6. The summed E-state index contributed by atoms with van der Waals surface area (Å²) in [7, 11) is 1.63. The number of hydrogen-bond donors (Lipinski definition) is 1. The summed E-state index contributed by atoms with van der Waals surface area (Å²) in [5.74, 6) is 6.70. The van der Waals surface area contributed by atoms with Gasteiger partial charge < -0.3 is 9.84 Å². The van der Waals surface area contributed by atoms with Crippen molar-refractivity contribution < 1.29 is 14.2 Å². The predicted octanol–water partition coefficient (Wildman–Crippen LogP) is 3.79. The second-order valence-corrected chi connectivity index (χ2v) is 5.98. The van der Waals surface area contributed by atoms with Gasteiger partial charge in [-0.25, -0.2) is 4.39 Å². The Labute approximate surface area is 135 Å². The average Bonchev–Trinajstić information content (AvgIpc) is 3.39. The number of hydrogen-bond acceptors (Lipinski definition) is 2. The Kier molecular flexibility index (Phi) is 4.11. The summed E-state index contributed by atoms with van der Waals surface area (Å²) in [4.78, 5) is 0. The van der Waals surface area contributed by atoms with E-state index in [2.05, 4.69) is 11.8 Å². The number of aryl methyl sites for hydroxylation is 1. The van der Waals surface area contributed by atoms with E-state index in [0.717, 1.165) is 29.7 Å². The third-order valence-corrected chi connectivity index (χ3v) is 4.27. The van der Waals surface area contributed by atoms with Crippen molar-refractivity contribution in [2.24, 2.45) is 5.92 Å².